The standard InChI is InChI=1S/C16H24N2O3/c1-16(2,3)9-13(17)8-14(19)18-10-11-5-4-6-12(7-11)15(20)21/h4-7,13H,8-10,17H2,1-3H3,(H,18,19)(H,20,21). The van der Waals surface area contributed by atoms with E-state index in [1.165, 1.54) is 6.07 Å². The van der Waals surface area contributed by atoms with Gasteiger partial charge in [-0.15, -0.1) is 0 Å². The van der Waals surface area contributed by atoms with E-state index in [1.807, 2.05) is 0 Å². The fourth-order valence-electron chi connectivity index (χ4n) is 2.18. The van der Waals surface area contributed by atoms with E-state index in [2.05, 4.69) is 26.1 Å². The molecule has 1 unspecified atom stereocenters. The molecule has 0 aliphatic heterocycles. The number of aromatic carboxylic acids is 1. The summed E-state index contributed by atoms with van der Waals surface area (Å²) in [5, 5.41) is 11.7. The lowest BCUT2D eigenvalue weighted by atomic mass is 9.87. The Balaban J connectivity index is 2.46. The molecule has 0 fully saturated rings. The van der Waals surface area contributed by atoms with Crippen molar-refractivity contribution in [2.75, 3.05) is 0 Å². The van der Waals surface area contributed by atoms with Crippen molar-refractivity contribution in [2.24, 2.45) is 11.1 Å². The van der Waals surface area contributed by atoms with Gasteiger partial charge in [-0.3, -0.25) is 4.79 Å². The monoisotopic (exact) mass is 292 g/mol. The molecule has 0 aliphatic rings. The fourth-order valence-corrected chi connectivity index (χ4v) is 2.18. The number of carbonyl (C=O) groups excluding carboxylic acids is 1. The summed E-state index contributed by atoms with van der Waals surface area (Å²) in [4.78, 5) is 22.7. The smallest absolute Gasteiger partial charge is 0.335 e. The van der Waals surface area contributed by atoms with E-state index in [9.17, 15) is 9.59 Å². The molecule has 0 heterocycles. The predicted molar refractivity (Wildman–Crippen MR) is 81.9 cm³/mol. The Hall–Kier alpha value is -1.88. The molecule has 1 aromatic rings. The van der Waals surface area contributed by atoms with E-state index in [0.29, 0.717) is 6.54 Å². The zero-order valence-corrected chi connectivity index (χ0v) is 12.8. The molecule has 21 heavy (non-hydrogen) atoms. The molecule has 0 radical (unpaired) electrons. The summed E-state index contributed by atoms with van der Waals surface area (Å²) in [6.07, 6.45) is 1.05. The molecule has 0 bridgehead atoms. The first kappa shape index (κ1) is 17.2. The molecule has 0 saturated heterocycles. The van der Waals surface area contributed by atoms with E-state index < -0.39 is 5.97 Å². The van der Waals surface area contributed by atoms with Crippen LogP contribution in [0.2, 0.25) is 0 Å². The Morgan fingerprint density at radius 3 is 2.57 bits per heavy atom. The van der Waals surface area contributed by atoms with Crippen molar-refractivity contribution < 1.29 is 14.7 Å². The second kappa shape index (κ2) is 7.22. The number of carboxylic acid groups (broad SMARTS) is 1. The first-order valence-corrected chi connectivity index (χ1v) is 7.02. The average molecular weight is 292 g/mol. The summed E-state index contributed by atoms with van der Waals surface area (Å²) in [5.41, 5.74) is 7.02. The van der Waals surface area contributed by atoms with Crippen LogP contribution < -0.4 is 11.1 Å². The third-order valence-electron chi connectivity index (χ3n) is 2.99. The fraction of sp³-hybridized carbons (Fsp3) is 0.500. The molecule has 4 N–H and O–H groups in total. The second-order valence-corrected chi connectivity index (χ2v) is 6.51. The summed E-state index contributed by atoms with van der Waals surface area (Å²) >= 11 is 0. The Kier molecular flexibility index (Phi) is 5.90. The van der Waals surface area contributed by atoms with Crippen LogP contribution in [0.15, 0.2) is 24.3 Å². The number of amides is 1. The number of benzene rings is 1. The third-order valence-corrected chi connectivity index (χ3v) is 2.99. The Labute approximate surface area is 125 Å². The molecule has 1 amide bonds. The van der Waals surface area contributed by atoms with Gasteiger partial charge in [-0.05, 0) is 29.5 Å². The van der Waals surface area contributed by atoms with Gasteiger partial charge in [0.15, 0.2) is 0 Å². The lowest BCUT2D eigenvalue weighted by molar-refractivity contribution is -0.121. The highest BCUT2D eigenvalue weighted by Gasteiger charge is 2.18. The summed E-state index contributed by atoms with van der Waals surface area (Å²) in [7, 11) is 0. The van der Waals surface area contributed by atoms with E-state index in [0.717, 1.165) is 12.0 Å². The van der Waals surface area contributed by atoms with Crippen LogP contribution in [0.4, 0.5) is 0 Å². The van der Waals surface area contributed by atoms with Crippen LogP contribution in [0, 0.1) is 5.41 Å². The van der Waals surface area contributed by atoms with Crippen molar-refractivity contribution >= 4 is 11.9 Å². The average Bonchev–Trinajstić information content (AvgIpc) is 2.34. The predicted octanol–water partition coefficient (Wildman–Crippen LogP) is 2.15. The minimum Gasteiger partial charge on any atom is -0.478 e. The quantitative estimate of drug-likeness (QED) is 0.749. The Bertz CT molecular complexity index is 506. The van der Waals surface area contributed by atoms with Crippen molar-refractivity contribution in [2.45, 2.75) is 46.2 Å². The van der Waals surface area contributed by atoms with Gasteiger partial charge < -0.3 is 16.2 Å². The van der Waals surface area contributed by atoms with Crippen molar-refractivity contribution in [3.05, 3.63) is 35.4 Å². The minimum absolute atomic E-state index is 0.0928. The second-order valence-electron chi connectivity index (χ2n) is 6.51. The number of nitrogens with two attached hydrogens (primary N) is 1. The van der Waals surface area contributed by atoms with E-state index in [1.54, 1.807) is 18.2 Å². The number of rotatable bonds is 6. The molecule has 0 aromatic heterocycles. The van der Waals surface area contributed by atoms with Crippen LogP contribution in [-0.4, -0.2) is 23.0 Å². The largest absolute Gasteiger partial charge is 0.478 e. The molecule has 0 spiro atoms. The highest BCUT2D eigenvalue weighted by atomic mass is 16.4. The highest BCUT2D eigenvalue weighted by Crippen LogP contribution is 2.20. The van der Waals surface area contributed by atoms with Crippen LogP contribution >= 0.6 is 0 Å². The Morgan fingerprint density at radius 2 is 2.00 bits per heavy atom. The number of hydrogen-bond donors (Lipinski definition) is 3. The van der Waals surface area contributed by atoms with E-state index in [-0.39, 0.29) is 29.3 Å². The number of nitrogens with one attached hydrogen (secondary N) is 1. The van der Waals surface area contributed by atoms with Crippen LogP contribution in [0.25, 0.3) is 0 Å². The van der Waals surface area contributed by atoms with Crippen molar-refractivity contribution in [3.8, 4) is 0 Å². The van der Waals surface area contributed by atoms with Gasteiger partial charge in [-0.1, -0.05) is 32.9 Å². The number of carbonyl (C=O) groups is 2. The number of carboxylic acids is 1. The molecule has 5 nitrogen and oxygen atoms in total. The Morgan fingerprint density at radius 1 is 1.33 bits per heavy atom. The summed E-state index contributed by atoms with van der Waals surface area (Å²) in [6, 6.07) is 6.35. The molecule has 1 rings (SSSR count). The molecular formula is C16H24N2O3. The molecule has 116 valence electrons. The molecular weight excluding hydrogens is 268 g/mol. The van der Waals surface area contributed by atoms with Gasteiger partial charge >= 0.3 is 5.97 Å². The first-order chi connectivity index (χ1) is 9.67. The molecule has 1 aromatic carbocycles. The SMILES string of the molecule is CC(C)(C)CC(N)CC(=O)NCc1cccc(C(=O)O)c1. The minimum atomic E-state index is -0.977. The van der Waals surface area contributed by atoms with Crippen LogP contribution in [0.3, 0.4) is 0 Å². The maximum Gasteiger partial charge on any atom is 0.335 e. The lowest BCUT2D eigenvalue weighted by Gasteiger charge is -2.22. The summed E-state index contributed by atoms with van der Waals surface area (Å²) in [6.45, 7) is 6.56. The molecule has 0 aliphatic carbocycles. The summed E-state index contributed by atoms with van der Waals surface area (Å²) < 4.78 is 0. The van der Waals surface area contributed by atoms with Gasteiger partial charge in [0.25, 0.3) is 0 Å². The van der Waals surface area contributed by atoms with Crippen molar-refractivity contribution in [1.82, 2.24) is 5.32 Å². The molecule has 5 heteroatoms. The number of hydrogen-bond acceptors (Lipinski definition) is 3. The van der Waals surface area contributed by atoms with Gasteiger partial charge in [0.2, 0.25) is 5.91 Å². The van der Waals surface area contributed by atoms with Gasteiger partial charge in [-0.25, -0.2) is 4.79 Å². The van der Waals surface area contributed by atoms with Gasteiger partial charge in [-0.2, -0.15) is 0 Å². The highest BCUT2D eigenvalue weighted by molar-refractivity contribution is 5.87. The maximum absolute atomic E-state index is 11.8. The van der Waals surface area contributed by atoms with E-state index >= 15 is 0 Å². The third kappa shape index (κ3) is 6.90. The zero-order valence-electron chi connectivity index (χ0n) is 12.8. The zero-order chi connectivity index (χ0) is 16.0. The van der Waals surface area contributed by atoms with Crippen LogP contribution in [0.5, 0.6) is 0 Å². The topological polar surface area (TPSA) is 92.4 Å². The molecule has 0 saturated carbocycles. The lowest BCUT2D eigenvalue weighted by Crippen LogP contribution is -2.34. The van der Waals surface area contributed by atoms with Gasteiger partial charge in [0.1, 0.15) is 0 Å². The van der Waals surface area contributed by atoms with Crippen molar-refractivity contribution in [1.29, 1.82) is 0 Å². The van der Waals surface area contributed by atoms with E-state index in [4.69, 9.17) is 10.8 Å². The summed E-state index contributed by atoms with van der Waals surface area (Å²) in [5.74, 6) is -1.09. The molecule has 1 atom stereocenters. The van der Waals surface area contributed by atoms with Gasteiger partial charge in [0, 0.05) is 19.0 Å². The normalized spacial score (nSPS) is 12.8. The van der Waals surface area contributed by atoms with Crippen LogP contribution in [-0.2, 0) is 11.3 Å². The maximum atomic E-state index is 11.8. The van der Waals surface area contributed by atoms with Gasteiger partial charge in [0.05, 0.1) is 5.56 Å². The first-order valence-electron chi connectivity index (χ1n) is 7.02. The van der Waals surface area contributed by atoms with Crippen molar-refractivity contribution in [3.63, 3.8) is 0 Å². The van der Waals surface area contributed by atoms with Crippen LogP contribution in [0.1, 0.15) is 49.5 Å².